The zero-order valence-electron chi connectivity index (χ0n) is 10.5. The van der Waals surface area contributed by atoms with E-state index < -0.39 is 0 Å². The van der Waals surface area contributed by atoms with Gasteiger partial charge in [-0.2, -0.15) is 5.26 Å². The number of carbonyl (C=O) groups is 1. The fourth-order valence-electron chi connectivity index (χ4n) is 1.17. The fraction of sp³-hybridized carbons (Fsp3) is 0.833. The normalized spacial score (nSPS) is 11.0. The monoisotopic (exact) mass is 213 g/mol. The van der Waals surface area contributed by atoms with Gasteiger partial charge in [-0.3, -0.25) is 4.79 Å². The molecule has 0 radical (unpaired) electrons. The molecule has 0 aromatic carbocycles. The SMILES string of the molecule is CC.CCOC(=O)CC(C#N)CC(C)C. The van der Waals surface area contributed by atoms with Crippen LogP contribution in [0.2, 0.25) is 0 Å². The van der Waals surface area contributed by atoms with Crippen molar-refractivity contribution in [1.29, 1.82) is 5.26 Å². The summed E-state index contributed by atoms with van der Waals surface area (Å²) in [5.41, 5.74) is 0. The maximum Gasteiger partial charge on any atom is 0.307 e. The third-order valence-corrected chi connectivity index (χ3v) is 1.66. The van der Waals surface area contributed by atoms with Gasteiger partial charge in [0.15, 0.2) is 0 Å². The molecule has 0 saturated heterocycles. The molecule has 0 aromatic rings. The molecule has 0 aromatic heterocycles. The summed E-state index contributed by atoms with van der Waals surface area (Å²) in [6, 6.07) is 2.12. The van der Waals surface area contributed by atoms with E-state index in [1.165, 1.54) is 0 Å². The number of nitriles is 1. The van der Waals surface area contributed by atoms with E-state index in [9.17, 15) is 4.79 Å². The maximum absolute atomic E-state index is 11.0. The van der Waals surface area contributed by atoms with Crippen LogP contribution in [0.4, 0.5) is 0 Å². The lowest BCUT2D eigenvalue weighted by Gasteiger charge is -2.10. The van der Waals surface area contributed by atoms with Gasteiger partial charge in [0.25, 0.3) is 0 Å². The van der Waals surface area contributed by atoms with Crippen molar-refractivity contribution in [1.82, 2.24) is 0 Å². The lowest BCUT2D eigenvalue weighted by molar-refractivity contribution is -0.143. The van der Waals surface area contributed by atoms with Crippen molar-refractivity contribution in [3.8, 4) is 6.07 Å². The smallest absolute Gasteiger partial charge is 0.307 e. The van der Waals surface area contributed by atoms with E-state index in [-0.39, 0.29) is 18.3 Å². The van der Waals surface area contributed by atoms with Crippen molar-refractivity contribution in [2.45, 2.75) is 47.5 Å². The van der Waals surface area contributed by atoms with Crippen LogP contribution in [0.25, 0.3) is 0 Å². The molecule has 0 aliphatic heterocycles. The lowest BCUT2D eigenvalue weighted by Crippen LogP contribution is -2.12. The highest BCUT2D eigenvalue weighted by Crippen LogP contribution is 2.14. The Bertz CT molecular complexity index is 194. The molecule has 1 unspecified atom stereocenters. The Morgan fingerprint density at radius 3 is 2.27 bits per heavy atom. The molecule has 0 rings (SSSR count). The van der Waals surface area contributed by atoms with Crippen LogP contribution in [-0.4, -0.2) is 12.6 Å². The molecule has 0 aliphatic carbocycles. The number of esters is 1. The molecule has 0 N–H and O–H groups in total. The van der Waals surface area contributed by atoms with Crippen LogP contribution in [0.5, 0.6) is 0 Å². The standard InChI is InChI=1S/C10H17NO2.C2H6/c1-4-13-10(12)6-9(7-11)5-8(2)3;1-2/h8-9H,4-6H2,1-3H3;1-2H3. The van der Waals surface area contributed by atoms with E-state index in [0.29, 0.717) is 12.5 Å². The Morgan fingerprint density at radius 1 is 1.40 bits per heavy atom. The first-order valence-corrected chi connectivity index (χ1v) is 5.65. The van der Waals surface area contributed by atoms with Gasteiger partial charge in [0, 0.05) is 0 Å². The first-order valence-electron chi connectivity index (χ1n) is 5.65. The summed E-state index contributed by atoms with van der Waals surface area (Å²) in [7, 11) is 0. The van der Waals surface area contributed by atoms with Gasteiger partial charge in [-0.05, 0) is 19.3 Å². The van der Waals surface area contributed by atoms with Crippen molar-refractivity contribution < 1.29 is 9.53 Å². The molecule has 88 valence electrons. The highest BCUT2D eigenvalue weighted by Gasteiger charge is 2.15. The summed E-state index contributed by atoms with van der Waals surface area (Å²) in [4.78, 5) is 11.0. The lowest BCUT2D eigenvalue weighted by atomic mass is 9.96. The Labute approximate surface area is 93.4 Å². The summed E-state index contributed by atoms with van der Waals surface area (Å²) in [5, 5.41) is 8.73. The fourth-order valence-corrected chi connectivity index (χ4v) is 1.17. The van der Waals surface area contributed by atoms with Gasteiger partial charge in [0.1, 0.15) is 0 Å². The zero-order valence-corrected chi connectivity index (χ0v) is 10.5. The Balaban J connectivity index is 0. The topological polar surface area (TPSA) is 50.1 Å². The molecule has 3 heteroatoms. The predicted molar refractivity (Wildman–Crippen MR) is 61.2 cm³/mol. The number of nitrogens with zero attached hydrogens (tertiary/aromatic N) is 1. The molecule has 0 bridgehead atoms. The van der Waals surface area contributed by atoms with E-state index in [2.05, 4.69) is 6.07 Å². The van der Waals surface area contributed by atoms with Gasteiger partial charge >= 0.3 is 5.97 Å². The number of ether oxygens (including phenoxy) is 1. The first kappa shape index (κ1) is 16.4. The highest BCUT2D eigenvalue weighted by atomic mass is 16.5. The van der Waals surface area contributed by atoms with Crippen molar-refractivity contribution in [3.63, 3.8) is 0 Å². The molecule has 0 spiro atoms. The second-order valence-electron chi connectivity index (χ2n) is 3.46. The van der Waals surface area contributed by atoms with Crippen molar-refractivity contribution in [2.24, 2.45) is 11.8 Å². The second kappa shape index (κ2) is 11.0. The number of carbonyl (C=O) groups excluding carboxylic acids is 1. The number of rotatable bonds is 5. The van der Waals surface area contributed by atoms with Gasteiger partial charge in [-0.1, -0.05) is 27.7 Å². The van der Waals surface area contributed by atoms with Gasteiger partial charge in [0.2, 0.25) is 0 Å². The molecule has 15 heavy (non-hydrogen) atoms. The van der Waals surface area contributed by atoms with Gasteiger partial charge in [-0.25, -0.2) is 0 Å². The zero-order chi connectivity index (χ0) is 12.3. The van der Waals surface area contributed by atoms with Crippen LogP contribution in [-0.2, 0) is 9.53 Å². The van der Waals surface area contributed by atoms with Crippen LogP contribution in [0.15, 0.2) is 0 Å². The predicted octanol–water partition coefficient (Wildman–Crippen LogP) is 3.15. The molecule has 0 aliphatic rings. The van der Waals surface area contributed by atoms with Crippen LogP contribution in [0.1, 0.15) is 47.5 Å². The molecule has 0 heterocycles. The number of hydrogen-bond donors (Lipinski definition) is 0. The van der Waals surface area contributed by atoms with Crippen molar-refractivity contribution >= 4 is 5.97 Å². The Hall–Kier alpha value is -1.04. The summed E-state index contributed by atoms with van der Waals surface area (Å²) < 4.78 is 4.77. The minimum Gasteiger partial charge on any atom is -0.466 e. The van der Waals surface area contributed by atoms with Gasteiger partial charge < -0.3 is 4.74 Å². The van der Waals surface area contributed by atoms with E-state index in [4.69, 9.17) is 10.00 Å². The summed E-state index contributed by atoms with van der Waals surface area (Å²) in [5.74, 6) is -0.0205. The molecular formula is C12H23NO2. The Kier molecular flexibility index (Phi) is 12.1. The highest BCUT2D eigenvalue weighted by molar-refractivity contribution is 5.70. The van der Waals surface area contributed by atoms with Crippen LogP contribution in [0, 0.1) is 23.2 Å². The van der Waals surface area contributed by atoms with E-state index in [1.807, 2.05) is 27.7 Å². The van der Waals surface area contributed by atoms with Crippen molar-refractivity contribution in [2.75, 3.05) is 6.61 Å². The van der Waals surface area contributed by atoms with Crippen LogP contribution < -0.4 is 0 Å². The summed E-state index contributed by atoms with van der Waals surface area (Å²) >= 11 is 0. The van der Waals surface area contributed by atoms with Crippen LogP contribution in [0.3, 0.4) is 0 Å². The molecular weight excluding hydrogens is 190 g/mol. The van der Waals surface area contributed by atoms with E-state index >= 15 is 0 Å². The average Bonchev–Trinajstić information content (AvgIpc) is 2.19. The average molecular weight is 213 g/mol. The summed E-state index contributed by atoms with van der Waals surface area (Å²) in [6.45, 7) is 10.2. The summed E-state index contributed by atoms with van der Waals surface area (Å²) in [6.07, 6.45) is 0.984. The molecule has 0 amide bonds. The number of hydrogen-bond acceptors (Lipinski definition) is 3. The third kappa shape index (κ3) is 10.9. The molecule has 3 nitrogen and oxygen atoms in total. The maximum atomic E-state index is 11.0. The van der Waals surface area contributed by atoms with Gasteiger partial charge in [-0.15, -0.1) is 0 Å². The van der Waals surface area contributed by atoms with Crippen molar-refractivity contribution in [3.05, 3.63) is 0 Å². The van der Waals surface area contributed by atoms with E-state index in [1.54, 1.807) is 6.92 Å². The molecule has 0 saturated carbocycles. The largest absolute Gasteiger partial charge is 0.466 e. The minimum absolute atomic E-state index is 0.195. The Morgan fingerprint density at radius 2 is 1.93 bits per heavy atom. The first-order chi connectivity index (χ1) is 7.10. The third-order valence-electron chi connectivity index (χ3n) is 1.66. The second-order valence-corrected chi connectivity index (χ2v) is 3.46. The quantitative estimate of drug-likeness (QED) is 0.659. The van der Waals surface area contributed by atoms with Crippen LogP contribution >= 0.6 is 0 Å². The van der Waals surface area contributed by atoms with Gasteiger partial charge in [0.05, 0.1) is 25.0 Å². The molecule has 0 fully saturated rings. The van der Waals surface area contributed by atoms with E-state index in [0.717, 1.165) is 6.42 Å². The minimum atomic E-state index is -0.269. The molecule has 1 atom stereocenters.